The van der Waals surface area contributed by atoms with E-state index in [0.29, 0.717) is 18.6 Å². The molecular formula is C15H15N3O3. The highest BCUT2D eigenvalue weighted by Crippen LogP contribution is 2.20. The van der Waals surface area contributed by atoms with Gasteiger partial charge in [-0.25, -0.2) is 14.8 Å². The zero-order valence-corrected chi connectivity index (χ0v) is 11.4. The number of hydrogen-bond acceptors (Lipinski definition) is 4. The van der Waals surface area contributed by atoms with Crippen molar-refractivity contribution in [2.75, 3.05) is 6.54 Å². The van der Waals surface area contributed by atoms with E-state index in [2.05, 4.69) is 9.97 Å². The van der Waals surface area contributed by atoms with Gasteiger partial charge in [-0.1, -0.05) is 0 Å². The monoisotopic (exact) mass is 285 g/mol. The Morgan fingerprint density at radius 2 is 2.10 bits per heavy atom. The summed E-state index contributed by atoms with van der Waals surface area (Å²) in [4.78, 5) is 33.6. The third-order valence-corrected chi connectivity index (χ3v) is 3.73. The summed E-state index contributed by atoms with van der Waals surface area (Å²) in [5.41, 5.74) is 0.738. The molecule has 1 aliphatic rings. The van der Waals surface area contributed by atoms with Crippen molar-refractivity contribution in [1.82, 2.24) is 14.9 Å². The molecule has 1 atom stereocenters. The number of nitrogens with zero attached hydrogens (tertiary/aromatic N) is 3. The summed E-state index contributed by atoms with van der Waals surface area (Å²) in [7, 11) is 0. The molecule has 3 rings (SSSR count). The number of carbonyl (C=O) groups is 2. The molecular weight excluding hydrogens is 270 g/mol. The van der Waals surface area contributed by atoms with E-state index in [1.165, 1.54) is 4.90 Å². The van der Waals surface area contributed by atoms with Gasteiger partial charge in [-0.3, -0.25) is 4.79 Å². The number of aromatic nitrogens is 2. The number of hydrogen-bond donors (Lipinski definition) is 1. The van der Waals surface area contributed by atoms with E-state index in [1.807, 2.05) is 6.07 Å². The number of carboxylic acid groups (broad SMARTS) is 1. The Labute approximate surface area is 121 Å². The quantitative estimate of drug-likeness (QED) is 0.908. The van der Waals surface area contributed by atoms with Gasteiger partial charge in [0.1, 0.15) is 11.7 Å². The molecule has 1 fully saturated rings. The first-order valence-electron chi connectivity index (χ1n) is 6.92. The van der Waals surface area contributed by atoms with E-state index in [4.69, 9.17) is 0 Å². The molecule has 108 valence electrons. The number of piperidine rings is 1. The second kappa shape index (κ2) is 5.47. The van der Waals surface area contributed by atoms with E-state index in [-0.39, 0.29) is 11.6 Å². The Kier molecular flexibility index (Phi) is 3.51. The molecule has 0 radical (unpaired) electrons. The number of carboxylic acids is 1. The van der Waals surface area contributed by atoms with Crippen molar-refractivity contribution in [1.29, 1.82) is 0 Å². The number of rotatable bonds is 2. The van der Waals surface area contributed by atoms with Crippen LogP contribution in [-0.2, 0) is 4.79 Å². The Balaban J connectivity index is 1.93. The summed E-state index contributed by atoms with van der Waals surface area (Å²) in [5.74, 6) is -1.29. The van der Waals surface area contributed by atoms with Crippen LogP contribution in [-0.4, -0.2) is 44.4 Å². The Morgan fingerprint density at radius 1 is 1.24 bits per heavy atom. The molecule has 1 amide bonds. The largest absolute Gasteiger partial charge is 0.480 e. The predicted molar refractivity (Wildman–Crippen MR) is 75.8 cm³/mol. The minimum atomic E-state index is -0.957. The van der Waals surface area contributed by atoms with E-state index in [1.54, 1.807) is 24.4 Å². The average molecular weight is 285 g/mol. The summed E-state index contributed by atoms with van der Waals surface area (Å²) < 4.78 is 0. The van der Waals surface area contributed by atoms with Crippen molar-refractivity contribution in [3.63, 3.8) is 0 Å². The fourth-order valence-corrected chi connectivity index (χ4v) is 2.65. The van der Waals surface area contributed by atoms with E-state index < -0.39 is 12.0 Å². The molecule has 1 N–H and O–H groups in total. The van der Waals surface area contributed by atoms with Gasteiger partial charge < -0.3 is 10.0 Å². The van der Waals surface area contributed by atoms with Crippen LogP contribution in [0.4, 0.5) is 0 Å². The van der Waals surface area contributed by atoms with Gasteiger partial charge in [0.05, 0.1) is 0 Å². The van der Waals surface area contributed by atoms with Gasteiger partial charge >= 0.3 is 5.97 Å². The van der Waals surface area contributed by atoms with Crippen molar-refractivity contribution in [2.24, 2.45) is 0 Å². The van der Waals surface area contributed by atoms with Gasteiger partial charge in [-0.15, -0.1) is 0 Å². The zero-order valence-electron chi connectivity index (χ0n) is 11.4. The third kappa shape index (κ3) is 2.56. The lowest BCUT2D eigenvalue weighted by Gasteiger charge is -2.32. The van der Waals surface area contributed by atoms with Crippen LogP contribution in [0.5, 0.6) is 0 Å². The first kappa shape index (κ1) is 13.5. The lowest BCUT2D eigenvalue weighted by atomic mass is 10.0. The molecule has 0 aliphatic carbocycles. The average Bonchev–Trinajstić information content (AvgIpc) is 2.53. The summed E-state index contributed by atoms with van der Waals surface area (Å²) in [6.45, 7) is 0.456. The van der Waals surface area contributed by atoms with Crippen LogP contribution in [0.2, 0.25) is 0 Å². The standard InChI is InChI=1S/C15H15N3O3/c19-14(18-9-2-1-5-12(18)15(20)21)11-7-6-10-4-3-8-16-13(10)17-11/h3-4,6-8,12H,1-2,5,9H2,(H,20,21)/t12-/m1/s1. The Morgan fingerprint density at radius 3 is 2.90 bits per heavy atom. The van der Waals surface area contributed by atoms with Crippen molar-refractivity contribution in [3.05, 3.63) is 36.2 Å². The lowest BCUT2D eigenvalue weighted by Crippen LogP contribution is -2.48. The minimum Gasteiger partial charge on any atom is -0.480 e. The fraction of sp³-hybridized carbons (Fsp3) is 0.333. The molecule has 21 heavy (non-hydrogen) atoms. The maximum Gasteiger partial charge on any atom is 0.326 e. The van der Waals surface area contributed by atoms with E-state index in [0.717, 1.165) is 18.2 Å². The van der Waals surface area contributed by atoms with Crippen LogP contribution in [0.15, 0.2) is 30.5 Å². The SMILES string of the molecule is O=C(O)[C@H]1CCCCN1C(=O)c1ccc2cccnc2n1. The normalized spacial score (nSPS) is 18.7. The van der Waals surface area contributed by atoms with Gasteiger partial charge in [0.15, 0.2) is 5.65 Å². The smallest absolute Gasteiger partial charge is 0.326 e. The number of pyridine rings is 2. The highest BCUT2D eigenvalue weighted by molar-refractivity contribution is 5.96. The second-order valence-corrected chi connectivity index (χ2v) is 5.09. The molecule has 0 aromatic carbocycles. The van der Waals surface area contributed by atoms with Crippen molar-refractivity contribution in [2.45, 2.75) is 25.3 Å². The Bertz CT molecular complexity index is 701. The van der Waals surface area contributed by atoms with Crippen LogP contribution >= 0.6 is 0 Å². The summed E-state index contributed by atoms with van der Waals surface area (Å²) >= 11 is 0. The van der Waals surface area contributed by atoms with Gasteiger partial charge in [0.2, 0.25) is 0 Å². The summed E-state index contributed by atoms with van der Waals surface area (Å²) in [5, 5.41) is 10.1. The molecule has 1 aliphatic heterocycles. The lowest BCUT2D eigenvalue weighted by molar-refractivity contribution is -0.143. The van der Waals surface area contributed by atoms with Crippen LogP contribution in [0.25, 0.3) is 11.0 Å². The van der Waals surface area contributed by atoms with E-state index >= 15 is 0 Å². The molecule has 6 nitrogen and oxygen atoms in total. The maximum absolute atomic E-state index is 12.5. The van der Waals surface area contributed by atoms with Crippen LogP contribution in [0.3, 0.4) is 0 Å². The van der Waals surface area contributed by atoms with Gasteiger partial charge in [0, 0.05) is 18.1 Å². The highest BCUT2D eigenvalue weighted by Gasteiger charge is 2.33. The number of amides is 1. The van der Waals surface area contributed by atoms with Crippen LogP contribution in [0.1, 0.15) is 29.8 Å². The molecule has 2 aromatic heterocycles. The Hall–Kier alpha value is -2.50. The van der Waals surface area contributed by atoms with Crippen molar-refractivity contribution < 1.29 is 14.7 Å². The first-order chi connectivity index (χ1) is 10.2. The van der Waals surface area contributed by atoms with Crippen LogP contribution in [0, 0.1) is 0 Å². The topological polar surface area (TPSA) is 83.4 Å². The maximum atomic E-state index is 12.5. The van der Waals surface area contributed by atoms with Crippen molar-refractivity contribution in [3.8, 4) is 0 Å². The number of aliphatic carboxylic acids is 1. The summed E-state index contributed by atoms with van der Waals surface area (Å²) in [6.07, 6.45) is 3.76. The van der Waals surface area contributed by atoms with Gasteiger partial charge in [-0.05, 0) is 43.5 Å². The number of fused-ring (bicyclic) bond motifs is 1. The molecule has 3 heterocycles. The van der Waals surface area contributed by atoms with Gasteiger partial charge in [0.25, 0.3) is 5.91 Å². The first-order valence-corrected chi connectivity index (χ1v) is 6.92. The second-order valence-electron chi connectivity index (χ2n) is 5.09. The van der Waals surface area contributed by atoms with Gasteiger partial charge in [-0.2, -0.15) is 0 Å². The molecule has 0 spiro atoms. The third-order valence-electron chi connectivity index (χ3n) is 3.73. The van der Waals surface area contributed by atoms with Crippen molar-refractivity contribution >= 4 is 22.9 Å². The minimum absolute atomic E-state index is 0.245. The number of likely N-dealkylation sites (tertiary alicyclic amines) is 1. The molecule has 2 aromatic rings. The van der Waals surface area contributed by atoms with E-state index in [9.17, 15) is 14.7 Å². The summed E-state index contributed by atoms with van der Waals surface area (Å²) in [6, 6.07) is 6.32. The molecule has 0 saturated carbocycles. The molecule has 0 unspecified atom stereocenters. The zero-order chi connectivity index (χ0) is 14.8. The highest BCUT2D eigenvalue weighted by atomic mass is 16.4. The molecule has 1 saturated heterocycles. The predicted octanol–water partition coefficient (Wildman–Crippen LogP) is 1.71. The number of carbonyl (C=O) groups excluding carboxylic acids is 1. The fourth-order valence-electron chi connectivity index (χ4n) is 2.65. The molecule has 6 heteroatoms. The molecule has 0 bridgehead atoms. The van der Waals surface area contributed by atoms with Crippen LogP contribution < -0.4 is 0 Å².